The minimum absolute atomic E-state index is 0.141. The van der Waals surface area contributed by atoms with Gasteiger partial charge in [-0.2, -0.15) is 0 Å². The third-order valence-corrected chi connectivity index (χ3v) is 3.55. The van der Waals surface area contributed by atoms with E-state index in [1.165, 1.54) is 0 Å². The van der Waals surface area contributed by atoms with Crippen molar-refractivity contribution in [3.63, 3.8) is 0 Å². The average Bonchev–Trinajstić information content (AvgIpc) is 2.43. The number of anilines is 1. The van der Waals surface area contributed by atoms with Crippen molar-refractivity contribution in [3.8, 4) is 0 Å². The summed E-state index contributed by atoms with van der Waals surface area (Å²) in [4.78, 5) is 12.9. The quantitative estimate of drug-likeness (QED) is 0.661. The van der Waals surface area contributed by atoms with Crippen molar-refractivity contribution in [1.29, 1.82) is 0 Å². The number of nitrogens with one attached hydrogen (secondary N) is 1. The van der Waals surface area contributed by atoms with Crippen molar-refractivity contribution >= 4 is 11.4 Å². The Labute approximate surface area is 118 Å². The lowest BCUT2D eigenvalue weighted by Crippen LogP contribution is -2.43. The monoisotopic (exact) mass is 279 g/mol. The standard InChI is InChI=1S/C14H21N3O3/c1-3-15-14-5-4-13(17(18)19)8-12(14)9-16-6-7-20-10-11(16)2/h4-5,8,11,15H,3,6-7,9-10H2,1-2H3. The summed E-state index contributed by atoms with van der Waals surface area (Å²) in [6, 6.07) is 5.34. The Morgan fingerprint density at radius 3 is 3.00 bits per heavy atom. The molecule has 1 aromatic carbocycles. The van der Waals surface area contributed by atoms with E-state index in [2.05, 4.69) is 17.1 Å². The molecule has 6 heteroatoms. The highest BCUT2D eigenvalue weighted by molar-refractivity contribution is 5.56. The third-order valence-electron chi connectivity index (χ3n) is 3.55. The van der Waals surface area contributed by atoms with E-state index in [-0.39, 0.29) is 10.6 Å². The third kappa shape index (κ3) is 3.46. The van der Waals surface area contributed by atoms with E-state index in [1.54, 1.807) is 18.2 Å². The first-order valence-electron chi connectivity index (χ1n) is 6.94. The van der Waals surface area contributed by atoms with Crippen LogP contribution in [0.5, 0.6) is 0 Å². The summed E-state index contributed by atoms with van der Waals surface area (Å²) >= 11 is 0. The van der Waals surface area contributed by atoms with Gasteiger partial charge in [-0.25, -0.2) is 0 Å². The van der Waals surface area contributed by atoms with Gasteiger partial charge in [-0.15, -0.1) is 0 Å². The Morgan fingerprint density at radius 1 is 1.55 bits per heavy atom. The van der Waals surface area contributed by atoms with Gasteiger partial charge in [0.05, 0.1) is 18.1 Å². The molecule has 1 N–H and O–H groups in total. The van der Waals surface area contributed by atoms with E-state index in [0.717, 1.165) is 30.9 Å². The van der Waals surface area contributed by atoms with Crippen LogP contribution in [0, 0.1) is 10.1 Å². The number of hydrogen-bond donors (Lipinski definition) is 1. The highest BCUT2D eigenvalue weighted by Gasteiger charge is 2.21. The number of morpholine rings is 1. The Bertz CT molecular complexity index is 479. The Hall–Kier alpha value is -1.66. The molecule has 20 heavy (non-hydrogen) atoms. The summed E-state index contributed by atoms with van der Waals surface area (Å²) in [5.74, 6) is 0. The summed E-state index contributed by atoms with van der Waals surface area (Å²) in [5, 5.41) is 14.2. The molecule has 0 bridgehead atoms. The van der Waals surface area contributed by atoms with Crippen LogP contribution >= 0.6 is 0 Å². The predicted molar refractivity (Wildman–Crippen MR) is 78.0 cm³/mol. The molecule has 1 aromatic rings. The SMILES string of the molecule is CCNc1ccc([N+](=O)[O-])cc1CN1CCOCC1C. The molecule has 1 saturated heterocycles. The highest BCUT2D eigenvalue weighted by Crippen LogP contribution is 2.24. The Morgan fingerprint density at radius 2 is 2.35 bits per heavy atom. The minimum atomic E-state index is -0.345. The van der Waals surface area contributed by atoms with Crippen LogP contribution < -0.4 is 5.32 Å². The van der Waals surface area contributed by atoms with Crippen molar-refractivity contribution in [1.82, 2.24) is 4.90 Å². The van der Waals surface area contributed by atoms with Gasteiger partial charge in [0, 0.05) is 43.5 Å². The molecule has 1 unspecified atom stereocenters. The van der Waals surface area contributed by atoms with Crippen LogP contribution in [0.1, 0.15) is 19.4 Å². The minimum Gasteiger partial charge on any atom is -0.385 e. The van der Waals surface area contributed by atoms with Gasteiger partial charge in [0.1, 0.15) is 0 Å². The Kier molecular flexibility index (Phi) is 4.92. The van der Waals surface area contributed by atoms with Gasteiger partial charge in [0.2, 0.25) is 0 Å². The van der Waals surface area contributed by atoms with E-state index >= 15 is 0 Å². The molecular weight excluding hydrogens is 258 g/mol. The van der Waals surface area contributed by atoms with Crippen LogP contribution in [-0.4, -0.2) is 42.2 Å². The zero-order valence-corrected chi connectivity index (χ0v) is 12.0. The van der Waals surface area contributed by atoms with E-state index in [0.29, 0.717) is 19.2 Å². The lowest BCUT2D eigenvalue weighted by molar-refractivity contribution is -0.384. The molecule has 1 atom stereocenters. The lowest BCUT2D eigenvalue weighted by Gasteiger charge is -2.33. The molecule has 0 spiro atoms. The van der Waals surface area contributed by atoms with E-state index in [9.17, 15) is 10.1 Å². The summed E-state index contributed by atoms with van der Waals surface area (Å²) in [5.41, 5.74) is 2.08. The van der Waals surface area contributed by atoms with Crippen LogP contribution in [0.2, 0.25) is 0 Å². The maximum Gasteiger partial charge on any atom is 0.269 e. The molecule has 110 valence electrons. The zero-order valence-electron chi connectivity index (χ0n) is 12.0. The molecule has 1 fully saturated rings. The molecule has 1 aliphatic heterocycles. The number of nitro benzene ring substituents is 1. The van der Waals surface area contributed by atoms with E-state index < -0.39 is 0 Å². The summed E-state index contributed by atoms with van der Waals surface area (Å²) in [7, 11) is 0. The van der Waals surface area contributed by atoms with Crippen molar-refractivity contribution in [2.75, 3.05) is 31.6 Å². The lowest BCUT2D eigenvalue weighted by atomic mass is 10.1. The van der Waals surface area contributed by atoms with E-state index in [4.69, 9.17) is 4.74 Å². The molecule has 2 rings (SSSR count). The first kappa shape index (κ1) is 14.7. The van der Waals surface area contributed by atoms with Gasteiger partial charge >= 0.3 is 0 Å². The summed E-state index contributed by atoms with van der Waals surface area (Å²) < 4.78 is 5.42. The maximum atomic E-state index is 10.9. The molecule has 0 aliphatic carbocycles. The summed E-state index contributed by atoms with van der Waals surface area (Å²) in [6.07, 6.45) is 0. The first-order valence-corrected chi connectivity index (χ1v) is 6.94. The maximum absolute atomic E-state index is 10.9. The fraction of sp³-hybridized carbons (Fsp3) is 0.571. The zero-order chi connectivity index (χ0) is 14.5. The number of nitro groups is 1. The van der Waals surface area contributed by atoms with Crippen LogP contribution in [0.15, 0.2) is 18.2 Å². The van der Waals surface area contributed by atoms with Gasteiger partial charge in [0.15, 0.2) is 0 Å². The number of non-ortho nitro benzene ring substituents is 1. The molecule has 0 amide bonds. The van der Waals surface area contributed by atoms with Gasteiger partial charge in [-0.3, -0.25) is 15.0 Å². The second kappa shape index (κ2) is 6.67. The molecule has 6 nitrogen and oxygen atoms in total. The van der Waals surface area contributed by atoms with Crippen molar-refractivity contribution in [3.05, 3.63) is 33.9 Å². The fourth-order valence-electron chi connectivity index (χ4n) is 2.40. The van der Waals surface area contributed by atoms with E-state index in [1.807, 2.05) is 6.92 Å². The van der Waals surface area contributed by atoms with Gasteiger partial charge in [-0.05, 0) is 25.5 Å². The molecule has 0 saturated carbocycles. The summed E-state index contributed by atoms with van der Waals surface area (Å²) in [6.45, 7) is 7.92. The van der Waals surface area contributed by atoms with Crippen LogP contribution in [0.25, 0.3) is 0 Å². The molecule has 1 heterocycles. The largest absolute Gasteiger partial charge is 0.385 e. The van der Waals surface area contributed by atoms with Crippen molar-refractivity contribution in [2.45, 2.75) is 26.4 Å². The van der Waals surface area contributed by atoms with Crippen LogP contribution in [0.4, 0.5) is 11.4 Å². The number of nitrogens with zero attached hydrogens (tertiary/aromatic N) is 2. The average molecular weight is 279 g/mol. The van der Waals surface area contributed by atoms with Gasteiger partial charge < -0.3 is 10.1 Å². The molecule has 1 aliphatic rings. The van der Waals surface area contributed by atoms with Gasteiger partial charge in [0.25, 0.3) is 5.69 Å². The van der Waals surface area contributed by atoms with Crippen molar-refractivity contribution < 1.29 is 9.66 Å². The first-order chi connectivity index (χ1) is 9.61. The number of ether oxygens (including phenoxy) is 1. The molecular formula is C14H21N3O3. The topological polar surface area (TPSA) is 67.6 Å². The smallest absolute Gasteiger partial charge is 0.269 e. The van der Waals surface area contributed by atoms with Crippen LogP contribution in [-0.2, 0) is 11.3 Å². The van der Waals surface area contributed by atoms with Crippen molar-refractivity contribution in [2.24, 2.45) is 0 Å². The second-order valence-electron chi connectivity index (χ2n) is 5.02. The second-order valence-corrected chi connectivity index (χ2v) is 5.02. The predicted octanol–water partition coefficient (Wildman–Crippen LogP) is 2.25. The number of benzene rings is 1. The Balaban J connectivity index is 2.22. The fourth-order valence-corrected chi connectivity index (χ4v) is 2.40. The normalized spacial score (nSPS) is 19.8. The number of rotatable bonds is 5. The van der Waals surface area contributed by atoms with Crippen LogP contribution in [0.3, 0.4) is 0 Å². The van der Waals surface area contributed by atoms with Gasteiger partial charge in [-0.1, -0.05) is 0 Å². The molecule has 0 aromatic heterocycles. The highest BCUT2D eigenvalue weighted by atomic mass is 16.6. The number of hydrogen-bond acceptors (Lipinski definition) is 5. The molecule has 0 radical (unpaired) electrons.